The van der Waals surface area contributed by atoms with E-state index in [-0.39, 0.29) is 6.04 Å². The molecule has 1 aromatic carbocycles. The number of hydrogen-bond donors (Lipinski definition) is 1. The Bertz CT molecular complexity index is 527. The second-order valence-corrected chi connectivity index (χ2v) is 5.51. The van der Waals surface area contributed by atoms with Gasteiger partial charge in [0.25, 0.3) is 0 Å². The summed E-state index contributed by atoms with van der Waals surface area (Å²) in [6, 6.07) is 9.67. The standard InChI is InChI=1S/C11H15N5OS/c1-9(8-18(2)17)12-11-13-14-15-16(11)10-6-4-3-5-7-10/h3-7,9H,8H2,1-2H3,(H,12,13,15). The number of nitrogens with one attached hydrogen (secondary N) is 1. The van der Waals surface area contributed by atoms with E-state index in [1.54, 1.807) is 10.9 Å². The van der Waals surface area contributed by atoms with Crippen molar-refractivity contribution >= 4 is 16.7 Å². The van der Waals surface area contributed by atoms with Gasteiger partial charge in [-0.3, -0.25) is 4.21 Å². The van der Waals surface area contributed by atoms with Gasteiger partial charge in [-0.05, 0) is 29.5 Å². The summed E-state index contributed by atoms with van der Waals surface area (Å²) >= 11 is 0. The maximum atomic E-state index is 11.2. The molecular formula is C11H15N5OS. The Hall–Kier alpha value is -1.76. The van der Waals surface area contributed by atoms with Crippen molar-refractivity contribution in [3.8, 4) is 5.69 Å². The lowest BCUT2D eigenvalue weighted by Crippen LogP contribution is -2.24. The fourth-order valence-electron chi connectivity index (χ4n) is 1.63. The summed E-state index contributed by atoms with van der Waals surface area (Å²) in [4.78, 5) is 0. The molecule has 0 radical (unpaired) electrons. The molecule has 0 fully saturated rings. The summed E-state index contributed by atoms with van der Waals surface area (Å²) < 4.78 is 12.8. The highest BCUT2D eigenvalue weighted by Gasteiger charge is 2.11. The van der Waals surface area contributed by atoms with Gasteiger partial charge in [-0.1, -0.05) is 23.3 Å². The Morgan fingerprint density at radius 3 is 2.78 bits per heavy atom. The van der Waals surface area contributed by atoms with Crippen LogP contribution in [-0.2, 0) is 10.8 Å². The zero-order valence-corrected chi connectivity index (χ0v) is 11.1. The van der Waals surface area contributed by atoms with Crippen molar-refractivity contribution in [3.05, 3.63) is 30.3 Å². The fraction of sp³-hybridized carbons (Fsp3) is 0.364. The van der Waals surface area contributed by atoms with E-state index in [1.165, 1.54) is 0 Å². The molecule has 18 heavy (non-hydrogen) atoms. The SMILES string of the molecule is CC(CS(C)=O)Nc1nnnn1-c1ccccc1. The lowest BCUT2D eigenvalue weighted by Gasteiger charge is -2.12. The molecule has 2 rings (SSSR count). The van der Waals surface area contributed by atoms with Gasteiger partial charge in [-0.2, -0.15) is 4.68 Å². The van der Waals surface area contributed by atoms with Crippen LogP contribution >= 0.6 is 0 Å². The van der Waals surface area contributed by atoms with Crippen molar-refractivity contribution in [1.82, 2.24) is 20.2 Å². The third-order valence-electron chi connectivity index (χ3n) is 2.33. The summed E-state index contributed by atoms with van der Waals surface area (Å²) in [5, 5.41) is 14.7. The molecule has 0 spiro atoms. The molecule has 0 saturated heterocycles. The predicted molar refractivity (Wildman–Crippen MR) is 71.2 cm³/mol. The Morgan fingerprint density at radius 1 is 1.39 bits per heavy atom. The molecule has 1 N–H and O–H groups in total. The summed E-state index contributed by atoms with van der Waals surface area (Å²) in [5.74, 6) is 1.11. The fourth-order valence-corrected chi connectivity index (χ4v) is 2.42. The molecule has 2 aromatic rings. The zero-order valence-electron chi connectivity index (χ0n) is 10.3. The first kappa shape index (κ1) is 12.7. The molecule has 6 nitrogen and oxygen atoms in total. The van der Waals surface area contributed by atoms with Crippen LogP contribution in [0.25, 0.3) is 5.69 Å². The average Bonchev–Trinajstić information content (AvgIpc) is 2.77. The molecule has 0 aliphatic carbocycles. The first-order valence-corrected chi connectivity index (χ1v) is 7.30. The van der Waals surface area contributed by atoms with Crippen LogP contribution in [0, 0.1) is 0 Å². The van der Waals surface area contributed by atoms with Crippen LogP contribution in [0.3, 0.4) is 0 Å². The molecule has 2 unspecified atom stereocenters. The van der Waals surface area contributed by atoms with Crippen LogP contribution < -0.4 is 5.32 Å². The quantitative estimate of drug-likeness (QED) is 0.867. The minimum absolute atomic E-state index is 0.0456. The van der Waals surface area contributed by atoms with Gasteiger partial charge in [-0.25, -0.2) is 0 Å². The molecule has 0 amide bonds. The van der Waals surface area contributed by atoms with Gasteiger partial charge in [0.05, 0.1) is 5.69 Å². The van der Waals surface area contributed by atoms with Crippen molar-refractivity contribution in [1.29, 1.82) is 0 Å². The number of nitrogens with zero attached hydrogens (tertiary/aromatic N) is 4. The molecule has 96 valence electrons. The maximum absolute atomic E-state index is 11.2. The Labute approximate surface area is 108 Å². The minimum Gasteiger partial charge on any atom is -0.349 e. The van der Waals surface area contributed by atoms with Crippen molar-refractivity contribution in [2.45, 2.75) is 13.0 Å². The Balaban J connectivity index is 2.16. The third kappa shape index (κ3) is 3.13. The highest BCUT2D eigenvalue weighted by atomic mass is 32.2. The highest BCUT2D eigenvalue weighted by molar-refractivity contribution is 7.84. The summed E-state index contributed by atoms with van der Waals surface area (Å²) in [7, 11) is -0.849. The number of aromatic nitrogens is 4. The molecule has 7 heteroatoms. The first-order chi connectivity index (χ1) is 8.66. The van der Waals surface area contributed by atoms with Gasteiger partial charge in [0.2, 0.25) is 5.95 Å². The van der Waals surface area contributed by atoms with Gasteiger partial charge >= 0.3 is 0 Å². The second-order valence-electron chi connectivity index (χ2n) is 4.04. The van der Waals surface area contributed by atoms with E-state index in [2.05, 4.69) is 20.8 Å². The summed E-state index contributed by atoms with van der Waals surface area (Å²) in [6.07, 6.45) is 1.68. The van der Waals surface area contributed by atoms with Crippen LogP contribution in [0.1, 0.15) is 6.92 Å². The molecular weight excluding hydrogens is 250 g/mol. The van der Waals surface area contributed by atoms with E-state index in [1.807, 2.05) is 37.3 Å². The molecule has 0 bridgehead atoms. The number of anilines is 1. The van der Waals surface area contributed by atoms with Gasteiger partial charge < -0.3 is 5.32 Å². The zero-order chi connectivity index (χ0) is 13.0. The van der Waals surface area contributed by atoms with Crippen molar-refractivity contribution < 1.29 is 4.21 Å². The van der Waals surface area contributed by atoms with E-state index in [4.69, 9.17) is 0 Å². The van der Waals surface area contributed by atoms with E-state index >= 15 is 0 Å². The minimum atomic E-state index is -0.849. The number of hydrogen-bond acceptors (Lipinski definition) is 5. The lowest BCUT2D eigenvalue weighted by molar-refractivity contribution is 0.682. The van der Waals surface area contributed by atoms with E-state index in [9.17, 15) is 4.21 Å². The number of rotatable bonds is 5. The molecule has 2 atom stereocenters. The average molecular weight is 265 g/mol. The van der Waals surface area contributed by atoms with Crippen LogP contribution in [0.5, 0.6) is 0 Å². The number of benzene rings is 1. The monoisotopic (exact) mass is 265 g/mol. The van der Waals surface area contributed by atoms with Crippen LogP contribution in [0.2, 0.25) is 0 Å². The predicted octanol–water partition coefficient (Wildman–Crippen LogP) is 0.841. The highest BCUT2D eigenvalue weighted by Crippen LogP contribution is 2.11. The van der Waals surface area contributed by atoms with E-state index in [0.29, 0.717) is 11.7 Å². The topological polar surface area (TPSA) is 72.7 Å². The summed E-state index contributed by atoms with van der Waals surface area (Å²) in [5.41, 5.74) is 0.884. The van der Waals surface area contributed by atoms with Gasteiger partial charge in [0.1, 0.15) is 0 Å². The van der Waals surface area contributed by atoms with E-state index < -0.39 is 10.8 Å². The Morgan fingerprint density at radius 2 is 2.11 bits per heavy atom. The van der Waals surface area contributed by atoms with Crippen LogP contribution in [0.4, 0.5) is 5.95 Å². The molecule has 1 aromatic heterocycles. The lowest BCUT2D eigenvalue weighted by atomic mass is 10.3. The van der Waals surface area contributed by atoms with Gasteiger partial charge in [0.15, 0.2) is 0 Å². The molecule has 0 aliphatic heterocycles. The Kier molecular flexibility index (Phi) is 4.03. The maximum Gasteiger partial charge on any atom is 0.247 e. The van der Waals surface area contributed by atoms with Crippen molar-refractivity contribution in [3.63, 3.8) is 0 Å². The number of para-hydroxylation sites is 1. The smallest absolute Gasteiger partial charge is 0.247 e. The first-order valence-electron chi connectivity index (χ1n) is 5.57. The third-order valence-corrected chi connectivity index (χ3v) is 3.30. The van der Waals surface area contributed by atoms with Gasteiger partial charge in [0, 0.05) is 28.9 Å². The second kappa shape index (κ2) is 5.72. The van der Waals surface area contributed by atoms with Crippen molar-refractivity contribution in [2.24, 2.45) is 0 Å². The molecule has 1 heterocycles. The largest absolute Gasteiger partial charge is 0.349 e. The normalized spacial score (nSPS) is 14.1. The van der Waals surface area contributed by atoms with Crippen LogP contribution in [-0.4, -0.2) is 42.5 Å². The van der Waals surface area contributed by atoms with Crippen LogP contribution in [0.15, 0.2) is 30.3 Å². The molecule has 0 saturated carbocycles. The van der Waals surface area contributed by atoms with E-state index in [0.717, 1.165) is 5.69 Å². The van der Waals surface area contributed by atoms with Gasteiger partial charge in [-0.15, -0.1) is 0 Å². The number of tetrazole rings is 1. The molecule has 0 aliphatic rings. The van der Waals surface area contributed by atoms with Crippen molar-refractivity contribution in [2.75, 3.05) is 17.3 Å². The summed E-state index contributed by atoms with van der Waals surface area (Å²) in [6.45, 7) is 1.95.